The highest BCUT2D eigenvalue weighted by atomic mass is 16.2. The van der Waals surface area contributed by atoms with Crippen LogP contribution in [0, 0.1) is 0 Å². The third kappa shape index (κ3) is 3.02. The smallest absolute Gasteiger partial charge is 0.323 e. The molecule has 1 heterocycles. The number of urea groups is 1. The summed E-state index contributed by atoms with van der Waals surface area (Å²) in [5, 5.41) is 3.06. The Labute approximate surface area is 155 Å². The van der Waals surface area contributed by atoms with Gasteiger partial charge in [-0.3, -0.25) is 9.69 Å². The molecule has 26 heavy (non-hydrogen) atoms. The zero-order valence-electron chi connectivity index (χ0n) is 15.7. The van der Waals surface area contributed by atoms with E-state index in [0.717, 1.165) is 51.4 Å². The second-order valence-corrected chi connectivity index (χ2v) is 8.16. The van der Waals surface area contributed by atoms with Gasteiger partial charge in [0.2, 0.25) is 0 Å². The Bertz CT molecular complexity index is 694. The molecule has 3 aliphatic rings. The van der Waals surface area contributed by atoms with E-state index in [2.05, 4.69) is 34.5 Å². The molecule has 1 unspecified atom stereocenters. The second kappa shape index (κ2) is 7.03. The molecule has 0 bridgehead atoms. The van der Waals surface area contributed by atoms with Gasteiger partial charge in [-0.1, -0.05) is 56.4 Å². The molecule has 5 nitrogen and oxygen atoms in total. The molecule has 1 aromatic rings. The van der Waals surface area contributed by atoms with Crippen LogP contribution in [0.2, 0.25) is 0 Å². The highest BCUT2D eigenvalue weighted by Gasteiger charge is 2.50. The minimum atomic E-state index is -0.647. The van der Waals surface area contributed by atoms with E-state index in [1.807, 2.05) is 7.05 Å². The maximum atomic E-state index is 13.2. The number of imide groups is 1. The number of rotatable bonds is 3. The lowest BCUT2D eigenvalue weighted by molar-refractivity contribution is -0.133. The number of aryl methyl sites for hydroxylation is 1. The van der Waals surface area contributed by atoms with Crippen LogP contribution in [0.3, 0.4) is 0 Å². The first-order chi connectivity index (χ1) is 12.6. The van der Waals surface area contributed by atoms with E-state index in [4.69, 9.17) is 0 Å². The molecule has 1 atom stereocenters. The second-order valence-electron chi connectivity index (χ2n) is 8.16. The summed E-state index contributed by atoms with van der Waals surface area (Å²) in [5.74, 6) is -0.0115. The van der Waals surface area contributed by atoms with Crippen molar-refractivity contribution in [1.29, 1.82) is 0 Å². The maximum absolute atomic E-state index is 13.2. The fourth-order valence-corrected chi connectivity index (χ4v) is 4.97. The number of benzene rings is 1. The van der Waals surface area contributed by atoms with Crippen LogP contribution in [-0.4, -0.2) is 41.0 Å². The van der Waals surface area contributed by atoms with E-state index >= 15 is 0 Å². The lowest BCUT2D eigenvalue weighted by Gasteiger charge is -2.31. The van der Waals surface area contributed by atoms with Gasteiger partial charge < -0.3 is 5.32 Å². The topological polar surface area (TPSA) is 52.6 Å². The average Bonchev–Trinajstić information content (AvgIpc) is 3.14. The largest absolute Gasteiger partial charge is 0.326 e. The summed E-state index contributed by atoms with van der Waals surface area (Å²) in [7, 11) is 2.02. The Morgan fingerprint density at radius 1 is 1.12 bits per heavy atom. The van der Waals surface area contributed by atoms with Crippen molar-refractivity contribution in [2.24, 2.45) is 0 Å². The summed E-state index contributed by atoms with van der Waals surface area (Å²) in [5.41, 5.74) is 2.08. The number of hydrogen-bond acceptors (Lipinski definition) is 3. The molecule has 1 aliphatic heterocycles. The minimum Gasteiger partial charge on any atom is -0.323 e. The molecule has 4 rings (SSSR count). The number of nitrogens with one attached hydrogen (secondary N) is 1. The molecule has 3 amide bonds. The van der Waals surface area contributed by atoms with Crippen molar-refractivity contribution >= 4 is 11.9 Å². The van der Waals surface area contributed by atoms with Gasteiger partial charge in [0.05, 0.1) is 6.67 Å². The molecule has 1 saturated heterocycles. The summed E-state index contributed by atoms with van der Waals surface area (Å²) in [6.45, 7) is 0.366. The molecule has 1 aromatic carbocycles. The third-order valence-corrected chi connectivity index (χ3v) is 6.45. The number of hydrogen-bond donors (Lipinski definition) is 1. The van der Waals surface area contributed by atoms with Gasteiger partial charge in [-0.05, 0) is 43.9 Å². The standard InChI is InChI=1S/C21H29N3O2/c1-23(18-12-11-16-9-5-6-10-17(16)18)15-24-19(25)21(22-20(24)26)13-7-3-2-4-8-14-21/h5-6,9-10,18H,2-4,7-8,11-15H2,1H3,(H,22,26). The lowest BCUT2D eigenvalue weighted by atomic mass is 9.84. The maximum Gasteiger partial charge on any atom is 0.326 e. The lowest BCUT2D eigenvalue weighted by Crippen LogP contribution is -2.48. The predicted octanol–water partition coefficient (Wildman–Crippen LogP) is 3.60. The van der Waals surface area contributed by atoms with Crippen LogP contribution in [0.4, 0.5) is 4.79 Å². The van der Waals surface area contributed by atoms with Gasteiger partial charge in [-0.25, -0.2) is 9.69 Å². The van der Waals surface area contributed by atoms with Gasteiger partial charge in [0, 0.05) is 6.04 Å². The highest BCUT2D eigenvalue weighted by molar-refractivity contribution is 6.07. The van der Waals surface area contributed by atoms with E-state index in [1.165, 1.54) is 22.4 Å². The van der Waals surface area contributed by atoms with Gasteiger partial charge in [0.1, 0.15) is 5.54 Å². The van der Waals surface area contributed by atoms with Crippen molar-refractivity contribution in [3.63, 3.8) is 0 Å². The van der Waals surface area contributed by atoms with Crippen LogP contribution in [0.1, 0.15) is 68.5 Å². The summed E-state index contributed by atoms with van der Waals surface area (Å²) in [6, 6.07) is 8.57. The first-order valence-corrected chi connectivity index (χ1v) is 10.0. The van der Waals surface area contributed by atoms with Gasteiger partial charge in [0.15, 0.2) is 0 Å². The number of nitrogens with zero attached hydrogens (tertiary/aromatic N) is 2. The normalized spacial score (nSPS) is 25.3. The number of carbonyl (C=O) groups is 2. The van der Waals surface area contributed by atoms with Gasteiger partial charge in [-0.15, -0.1) is 0 Å². The summed E-state index contributed by atoms with van der Waals surface area (Å²) in [4.78, 5) is 29.4. The highest BCUT2D eigenvalue weighted by Crippen LogP contribution is 2.36. The van der Waals surface area contributed by atoms with Crippen LogP contribution in [-0.2, 0) is 11.2 Å². The Kier molecular flexibility index (Phi) is 4.74. The summed E-state index contributed by atoms with van der Waals surface area (Å²) < 4.78 is 0. The van der Waals surface area contributed by atoms with Crippen molar-refractivity contribution in [2.45, 2.75) is 69.4 Å². The molecule has 0 radical (unpaired) electrons. The van der Waals surface area contributed by atoms with E-state index in [9.17, 15) is 9.59 Å². The van der Waals surface area contributed by atoms with Crippen molar-refractivity contribution in [2.75, 3.05) is 13.7 Å². The predicted molar refractivity (Wildman–Crippen MR) is 101 cm³/mol. The zero-order chi connectivity index (χ0) is 18.1. The molecule has 1 N–H and O–H groups in total. The fraction of sp³-hybridized carbons (Fsp3) is 0.619. The molecule has 1 spiro atoms. The Balaban J connectivity index is 1.48. The Hall–Kier alpha value is -1.88. The van der Waals surface area contributed by atoms with Crippen LogP contribution in [0.5, 0.6) is 0 Å². The quantitative estimate of drug-likeness (QED) is 0.843. The van der Waals surface area contributed by atoms with Crippen molar-refractivity contribution in [3.8, 4) is 0 Å². The van der Waals surface area contributed by atoms with E-state index in [1.54, 1.807) is 0 Å². The van der Waals surface area contributed by atoms with Crippen LogP contribution in [0.15, 0.2) is 24.3 Å². The Morgan fingerprint density at radius 3 is 2.58 bits per heavy atom. The van der Waals surface area contributed by atoms with E-state index in [-0.39, 0.29) is 18.0 Å². The first kappa shape index (κ1) is 17.5. The molecule has 1 saturated carbocycles. The SMILES string of the molecule is CN(CN1C(=O)NC2(CCCCCCC2)C1=O)C1CCc2ccccc21. The molecule has 0 aromatic heterocycles. The minimum absolute atomic E-state index is 0.0115. The monoisotopic (exact) mass is 355 g/mol. The third-order valence-electron chi connectivity index (χ3n) is 6.45. The average molecular weight is 355 g/mol. The zero-order valence-corrected chi connectivity index (χ0v) is 15.7. The van der Waals surface area contributed by atoms with Crippen molar-refractivity contribution < 1.29 is 9.59 Å². The summed E-state index contributed by atoms with van der Waals surface area (Å²) >= 11 is 0. The summed E-state index contributed by atoms with van der Waals surface area (Å²) in [6.07, 6.45) is 9.27. The number of amides is 3. The van der Waals surface area contributed by atoms with Crippen molar-refractivity contribution in [1.82, 2.24) is 15.1 Å². The van der Waals surface area contributed by atoms with Gasteiger partial charge >= 0.3 is 6.03 Å². The van der Waals surface area contributed by atoms with Crippen molar-refractivity contribution in [3.05, 3.63) is 35.4 Å². The molecular weight excluding hydrogens is 326 g/mol. The van der Waals surface area contributed by atoms with Crippen LogP contribution < -0.4 is 5.32 Å². The molecular formula is C21H29N3O2. The molecule has 5 heteroatoms. The van der Waals surface area contributed by atoms with Gasteiger partial charge in [0.25, 0.3) is 5.91 Å². The van der Waals surface area contributed by atoms with Crippen LogP contribution >= 0.6 is 0 Å². The fourth-order valence-electron chi connectivity index (χ4n) is 4.97. The van der Waals surface area contributed by atoms with Gasteiger partial charge in [-0.2, -0.15) is 0 Å². The Morgan fingerprint density at radius 2 is 1.81 bits per heavy atom. The molecule has 2 aliphatic carbocycles. The molecule has 2 fully saturated rings. The molecule has 140 valence electrons. The van der Waals surface area contributed by atoms with E-state index in [0.29, 0.717) is 6.67 Å². The number of fused-ring (bicyclic) bond motifs is 1. The first-order valence-electron chi connectivity index (χ1n) is 10.0. The van der Waals surface area contributed by atoms with Crippen LogP contribution in [0.25, 0.3) is 0 Å². The number of carbonyl (C=O) groups excluding carboxylic acids is 2. The van der Waals surface area contributed by atoms with E-state index < -0.39 is 5.54 Å².